The third-order valence-corrected chi connectivity index (χ3v) is 6.11. The lowest BCUT2D eigenvalue weighted by Crippen LogP contribution is -2.00. The average Bonchev–Trinajstić information content (AvgIpc) is 3.28. The predicted octanol–water partition coefficient (Wildman–Crippen LogP) is 8.42. The van der Waals surface area contributed by atoms with E-state index < -0.39 is 0 Å². The van der Waals surface area contributed by atoms with Gasteiger partial charge in [-0.15, -0.1) is 0 Å². The van der Waals surface area contributed by atoms with E-state index in [1.54, 1.807) is 19.1 Å². The number of benzene rings is 4. The van der Waals surface area contributed by atoms with Gasteiger partial charge in [-0.2, -0.15) is 0 Å². The van der Waals surface area contributed by atoms with E-state index in [4.69, 9.17) is 16.6 Å². The van der Waals surface area contributed by atoms with Gasteiger partial charge in [-0.25, -0.2) is 0 Å². The maximum atomic E-state index is 11.6. The highest BCUT2D eigenvalue weighted by Gasteiger charge is 2.18. The molecule has 170 valence electrons. The molecule has 0 amide bonds. The fraction of sp³-hybridized carbons (Fsp3) is 0.0323. The van der Waals surface area contributed by atoms with Crippen molar-refractivity contribution in [2.75, 3.05) is 0 Å². The summed E-state index contributed by atoms with van der Waals surface area (Å²) in [5.41, 5.74) is 7.74. The Hall–Kier alpha value is -4.21. The largest absolute Gasteiger partial charge is 0.309 e. The molecule has 1 heterocycles. The van der Waals surface area contributed by atoms with Gasteiger partial charge in [0.15, 0.2) is 5.78 Å². The van der Waals surface area contributed by atoms with Crippen molar-refractivity contribution in [3.63, 3.8) is 0 Å². The number of hydrogen-bond donors (Lipinski definition) is 0. The second kappa shape index (κ2) is 9.96. The van der Waals surface area contributed by atoms with Crippen molar-refractivity contribution < 1.29 is 4.79 Å². The Morgan fingerprint density at radius 1 is 0.771 bits per heavy atom. The van der Waals surface area contributed by atoms with E-state index in [1.807, 2.05) is 79.0 Å². The molecule has 35 heavy (non-hydrogen) atoms. The summed E-state index contributed by atoms with van der Waals surface area (Å²) in [4.78, 5) is 16.4. The summed E-state index contributed by atoms with van der Waals surface area (Å²) in [6.45, 7) is 1.56. The smallest absolute Gasteiger partial charge is 0.159 e. The summed E-state index contributed by atoms with van der Waals surface area (Å²) in [6.07, 6.45) is 1.89. The summed E-state index contributed by atoms with van der Waals surface area (Å²) in [5.74, 6) is 0.0411. The Kier molecular flexibility index (Phi) is 6.42. The van der Waals surface area contributed by atoms with Gasteiger partial charge in [0.1, 0.15) is 0 Å². The van der Waals surface area contributed by atoms with Crippen molar-refractivity contribution in [1.82, 2.24) is 4.57 Å². The molecule has 0 atom stereocenters. The van der Waals surface area contributed by atoms with E-state index in [-0.39, 0.29) is 5.78 Å². The predicted molar refractivity (Wildman–Crippen MR) is 145 cm³/mol. The number of carbonyl (C=O) groups excluding carboxylic acids is 1. The summed E-state index contributed by atoms with van der Waals surface area (Å²) < 4.78 is 2.25. The molecule has 0 fully saturated rings. The van der Waals surface area contributed by atoms with Crippen molar-refractivity contribution in [3.8, 4) is 28.2 Å². The van der Waals surface area contributed by atoms with E-state index >= 15 is 0 Å². The van der Waals surface area contributed by atoms with E-state index in [1.165, 1.54) is 0 Å². The van der Waals surface area contributed by atoms with E-state index in [0.717, 1.165) is 39.5 Å². The maximum absolute atomic E-state index is 11.6. The second-order valence-electron chi connectivity index (χ2n) is 8.24. The Balaban J connectivity index is 1.72. The van der Waals surface area contributed by atoms with Crippen LogP contribution in [0.5, 0.6) is 0 Å². The maximum Gasteiger partial charge on any atom is 0.159 e. The molecule has 0 bridgehead atoms. The molecule has 5 rings (SSSR count). The number of nitrogens with zero attached hydrogens (tertiary/aromatic N) is 2. The van der Waals surface area contributed by atoms with Crippen LogP contribution >= 0.6 is 11.6 Å². The first kappa shape index (κ1) is 22.6. The van der Waals surface area contributed by atoms with Crippen LogP contribution in [0.4, 0.5) is 5.69 Å². The number of rotatable bonds is 6. The first-order valence-electron chi connectivity index (χ1n) is 11.4. The molecule has 0 spiro atoms. The van der Waals surface area contributed by atoms with Crippen molar-refractivity contribution in [2.24, 2.45) is 4.99 Å². The van der Waals surface area contributed by atoms with Gasteiger partial charge in [-0.1, -0.05) is 72.3 Å². The lowest BCUT2D eigenvalue weighted by Gasteiger charge is -2.15. The number of carbonyl (C=O) groups is 1. The van der Waals surface area contributed by atoms with Gasteiger partial charge in [-0.3, -0.25) is 9.79 Å². The van der Waals surface area contributed by atoms with Gasteiger partial charge in [0.25, 0.3) is 0 Å². The summed E-state index contributed by atoms with van der Waals surface area (Å²) >= 11 is 6.21. The molecule has 0 aliphatic carbocycles. The quantitative estimate of drug-likeness (QED) is 0.179. The molecule has 0 saturated heterocycles. The lowest BCUT2D eigenvalue weighted by molar-refractivity contribution is 0.101. The van der Waals surface area contributed by atoms with Gasteiger partial charge in [-0.05, 0) is 72.6 Å². The Morgan fingerprint density at radius 3 is 1.97 bits per heavy atom. The molecular weight excluding hydrogens is 452 g/mol. The molecular formula is C31H23ClN2O. The zero-order valence-corrected chi connectivity index (χ0v) is 20.0. The standard InChI is InChI=1S/C31H23ClN2O/c1-22(35)23-12-16-28(17-13-23)33-21-26-20-30(24-8-4-2-5-9-24)34(29-18-14-27(32)15-19-29)31(26)25-10-6-3-7-11-25/h2-21H,1H3. The van der Waals surface area contributed by atoms with Gasteiger partial charge in [0.2, 0.25) is 0 Å². The van der Waals surface area contributed by atoms with Crippen molar-refractivity contribution in [3.05, 3.63) is 131 Å². The van der Waals surface area contributed by atoms with Crippen LogP contribution in [0.3, 0.4) is 0 Å². The minimum Gasteiger partial charge on any atom is -0.309 e. The number of ketones is 1. The first-order valence-corrected chi connectivity index (χ1v) is 11.8. The van der Waals surface area contributed by atoms with Crippen LogP contribution in [0, 0.1) is 0 Å². The molecule has 4 aromatic carbocycles. The number of aliphatic imine (C=N–C) groups is 1. The minimum atomic E-state index is 0.0411. The number of aromatic nitrogens is 1. The van der Waals surface area contributed by atoms with Crippen LogP contribution in [-0.2, 0) is 0 Å². The summed E-state index contributed by atoms with van der Waals surface area (Å²) in [5, 5.41) is 0.694. The van der Waals surface area contributed by atoms with Crippen molar-refractivity contribution in [1.29, 1.82) is 0 Å². The monoisotopic (exact) mass is 474 g/mol. The van der Waals surface area contributed by atoms with Crippen molar-refractivity contribution in [2.45, 2.75) is 6.92 Å². The molecule has 0 saturated carbocycles. The van der Waals surface area contributed by atoms with Crippen molar-refractivity contribution >= 4 is 29.3 Å². The van der Waals surface area contributed by atoms with Gasteiger partial charge >= 0.3 is 0 Å². The molecule has 0 N–H and O–H groups in total. The molecule has 4 heteroatoms. The average molecular weight is 475 g/mol. The molecule has 3 nitrogen and oxygen atoms in total. The van der Waals surface area contributed by atoms with Crippen LogP contribution in [0.2, 0.25) is 5.02 Å². The second-order valence-corrected chi connectivity index (χ2v) is 8.68. The highest BCUT2D eigenvalue weighted by Crippen LogP contribution is 2.36. The third-order valence-electron chi connectivity index (χ3n) is 5.86. The highest BCUT2D eigenvalue weighted by atomic mass is 35.5. The molecule has 0 aliphatic rings. The Labute approximate surface area is 210 Å². The molecule has 1 aromatic heterocycles. The first-order chi connectivity index (χ1) is 17.1. The van der Waals surface area contributed by atoms with Gasteiger partial charge < -0.3 is 4.57 Å². The molecule has 0 aliphatic heterocycles. The molecule has 0 radical (unpaired) electrons. The zero-order valence-electron chi connectivity index (χ0n) is 19.2. The van der Waals surface area contributed by atoms with Crippen LogP contribution in [0.25, 0.3) is 28.2 Å². The molecule has 5 aromatic rings. The number of hydrogen-bond acceptors (Lipinski definition) is 2. The topological polar surface area (TPSA) is 34.4 Å². The highest BCUT2D eigenvalue weighted by molar-refractivity contribution is 6.30. The Morgan fingerprint density at radius 2 is 1.37 bits per heavy atom. The lowest BCUT2D eigenvalue weighted by atomic mass is 10.1. The fourth-order valence-corrected chi connectivity index (χ4v) is 4.25. The van der Waals surface area contributed by atoms with Crippen LogP contribution in [0.1, 0.15) is 22.8 Å². The SMILES string of the molecule is CC(=O)c1ccc(N=Cc2cc(-c3ccccc3)n(-c3ccc(Cl)cc3)c2-c2ccccc2)cc1. The van der Waals surface area contributed by atoms with Gasteiger partial charge in [0.05, 0.1) is 17.1 Å². The summed E-state index contributed by atoms with van der Waals surface area (Å²) in [6, 6.07) is 38.0. The van der Waals surface area contributed by atoms with Crippen LogP contribution in [0.15, 0.2) is 120 Å². The van der Waals surface area contributed by atoms with Crippen LogP contribution < -0.4 is 0 Å². The van der Waals surface area contributed by atoms with Crippen LogP contribution in [-0.4, -0.2) is 16.6 Å². The fourth-order valence-electron chi connectivity index (χ4n) is 4.13. The Bertz CT molecular complexity index is 1480. The number of Topliss-reactive ketones (excluding diaryl/α,β-unsaturated/α-hetero) is 1. The normalized spacial score (nSPS) is 11.1. The van der Waals surface area contributed by atoms with E-state index in [0.29, 0.717) is 10.6 Å². The zero-order chi connectivity index (χ0) is 24.2. The number of halogens is 1. The van der Waals surface area contributed by atoms with Gasteiger partial charge in [0, 0.05) is 28.1 Å². The van der Waals surface area contributed by atoms with E-state index in [9.17, 15) is 4.79 Å². The van der Waals surface area contributed by atoms with E-state index in [2.05, 4.69) is 34.9 Å². The summed E-state index contributed by atoms with van der Waals surface area (Å²) in [7, 11) is 0. The molecule has 0 unspecified atom stereocenters. The minimum absolute atomic E-state index is 0.0411. The third kappa shape index (κ3) is 4.86.